The van der Waals surface area contributed by atoms with E-state index in [2.05, 4.69) is 4.99 Å². The number of benzene rings is 4. The lowest BCUT2D eigenvalue weighted by molar-refractivity contribution is -0.161. The number of esters is 3. The predicted octanol–water partition coefficient (Wildman–Crippen LogP) is 6.92. The molecule has 0 saturated carbocycles. The Labute approximate surface area is 370 Å². The van der Waals surface area contributed by atoms with Gasteiger partial charge >= 0.3 is 17.9 Å². The van der Waals surface area contributed by atoms with Crippen molar-refractivity contribution in [2.24, 2.45) is 16.6 Å². The summed E-state index contributed by atoms with van der Waals surface area (Å²) in [6.07, 6.45) is 1.56. The Morgan fingerprint density at radius 1 is 0.857 bits per heavy atom. The van der Waals surface area contributed by atoms with Crippen LogP contribution in [0.5, 0.6) is 5.75 Å². The second-order valence-corrected chi connectivity index (χ2v) is 17.0. The van der Waals surface area contributed by atoms with Gasteiger partial charge in [0.25, 0.3) is 5.91 Å². The Balaban J connectivity index is 1.33. The van der Waals surface area contributed by atoms with Crippen LogP contribution >= 0.6 is 11.8 Å². The van der Waals surface area contributed by atoms with Gasteiger partial charge in [-0.1, -0.05) is 60.7 Å². The number of primary amides is 1. The normalized spacial score (nSPS) is 17.6. The molecule has 3 N–H and O–H groups in total. The summed E-state index contributed by atoms with van der Waals surface area (Å²) in [5.74, 6) is -2.36. The van der Waals surface area contributed by atoms with Crippen LogP contribution in [-0.2, 0) is 57.6 Å². The Hall–Kier alpha value is -6.06. The lowest BCUT2D eigenvalue weighted by Crippen LogP contribution is -2.55. The van der Waals surface area contributed by atoms with Crippen LogP contribution in [0.2, 0.25) is 0 Å². The molecule has 4 aromatic carbocycles. The van der Waals surface area contributed by atoms with E-state index in [4.69, 9.17) is 24.7 Å². The highest BCUT2D eigenvalue weighted by Crippen LogP contribution is 2.49. The summed E-state index contributed by atoms with van der Waals surface area (Å²) in [6, 6.07) is 28.2. The van der Waals surface area contributed by atoms with Crippen molar-refractivity contribution in [1.82, 2.24) is 0 Å². The second-order valence-electron chi connectivity index (χ2n) is 15.8. The van der Waals surface area contributed by atoms with E-state index in [-0.39, 0.29) is 50.4 Å². The summed E-state index contributed by atoms with van der Waals surface area (Å²) in [7, 11) is 0. The third-order valence-electron chi connectivity index (χ3n) is 11.0. The molecule has 0 spiro atoms. The summed E-state index contributed by atoms with van der Waals surface area (Å²) in [4.78, 5) is 67.9. The number of hydrogen-bond donors (Lipinski definition) is 2. The lowest BCUT2D eigenvalue weighted by Gasteiger charge is -2.48. The molecule has 0 unspecified atom stereocenters. The fraction of sp³-hybridized carbons (Fsp3) is 0.375. The van der Waals surface area contributed by atoms with Gasteiger partial charge in [0.1, 0.15) is 48.8 Å². The molecule has 0 aromatic heterocycles. The van der Waals surface area contributed by atoms with E-state index in [1.54, 1.807) is 28.8 Å². The lowest BCUT2D eigenvalue weighted by atomic mass is 9.77. The van der Waals surface area contributed by atoms with E-state index < -0.39 is 53.3 Å². The quantitative estimate of drug-likeness (QED) is 0.0504. The molecule has 6 rings (SSSR count). The minimum Gasteiger partial charge on any atom is -0.489 e. The Bertz CT molecular complexity index is 2270. The number of anilines is 1. The first-order valence-electron chi connectivity index (χ1n) is 20.8. The van der Waals surface area contributed by atoms with Crippen molar-refractivity contribution < 1.29 is 52.4 Å². The fourth-order valence-electron chi connectivity index (χ4n) is 7.68. The number of nitrogens with zero attached hydrogens (tertiary/aromatic N) is 2. The number of ether oxygens (including phenoxy) is 4. The SMILES string of the molecule is CC(=O)OCC(O)(CCc1ccc(OCc2ccccc2)c([C@@H]2[C@@H](CC[C@H](OC(C)=O)c3ccc(F)cc3)C(=O)N2c2ccc(CC[C@H]3N=C(C(N)=O)CS3)cc2)c1)COC(C)=O. The number of amides is 2. The molecule has 332 valence electrons. The highest BCUT2D eigenvalue weighted by Gasteiger charge is 2.50. The summed E-state index contributed by atoms with van der Waals surface area (Å²) in [5.41, 5.74) is 8.82. The Morgan fingerprint density at radius 2 is 1.52 bits per heavy atom. The second kappa shape index (κ2) is 21.3. The molecule has 15 heteroatoms. The van der Waals surface area contributed by atoms with Crippen molar-refractivity contribution in [3.05, 3.63) is 131 Å². The van der Waals surface area contributed by atoms with Crippen LogP contribution in [0.25, 0.3) is 0 Å². The maximum absolute atomic E-state index is 14.5. The molecule has 1 fully saturated rings. The Kier molecular flexibility index (Phi) is 15.7. The van der Waals surface area contributed by atoms with E-state index in [1.165, 1.54) is 32.9 Å². The van der Waals surface area contributed by atoms with Gasteiger partial charge in [0.05, 0.1) is 17.3 Å². The van der Waals surface area contributed by atoms with Gasteiger partial charge in [0.15, 0.2) is 0 Å². The number of hydrogen-bond acceptors (Lipinski definition) is 12. The van der Waals surface area contributed by atoms with Crippen LogP contribution in [0.4, 0.5) is 10.1 Å². The number of carbonyl (C=O) groups is 5. The van der Waals surface area contributed by atoms with Gasteiger partial charge in [0.2, 0.25) is 5.91 Å². The molecule has 2 aliphatic rings. The fourth-order valence-corrected chi connectivity index (χ4v) is 8.74. The van der Waals surface area contributed by atoms with Gasteiger partial charge in [-0.25, -0.2) is 4.39 Å². The molecule has 4 aromatic rings. The number of rotatable bonds is 21. The predicted molar refractivity (Wildman–Crippen MR) is 235 cm³/mol. The van der Waals surface area contributed by atoms with Gasteiger partial charge in [-0.3, -0.25) is 29.0 Å². The smallest absolute Gasteiger partial charge is 0.303 e. The number of aliphatic imine (C=N–C) groups is 1. The number of aryl methyl sites for hydroxylation is 2. The maximum atomic E-state index is 14.5. The molecule has 63 heavy (non-hydrogen) atoms. The molecule has 0 aliphatic carbocycles. The van der Waals surface area contributed by atoms with Gasteiger partial charge in [0, 0.05) is 37.8 Å². The average molecular weight is 882 g/mol. The van der Waals surface area contributed by atoms with Crippen LogP contribution in [0.15, 0.2) is 102 Å². The van der Waals surface area contributed by atoms with Crippen molar-refractivity contribution in [2.75, 3.05) is 23.9 Å². The van der Waals surface area contributed by atoms with E-state index in [0.717, 1.165) is 16.7 Å². The summed E-state index contributed by atoms with van der Waals surface area (Å²) < 4.78 is 36.4. The van der Waals surface area contributed by atoms with E-state index in [1.807, 2.05) is 72.8 Å². The molecule has 2 aliphatic heterocycles. The zero-order valence-electron chi connectivity index (χ0n) is 35.5. The van der Waals surface area contributed by atoms with Crippen molar-refractivity contribution >= 4 is 52.9 Å². The van der Waals surface area contributed by atoms with Crippen molar-refractivity contribution in [2.45, 2.75) is 89.0 Å². The topological polar surface area (TPSA) is 184 Å². The third kappa shape index (κ3) is 12.8. The minimum atomic E-state index is -1.68. The number of nitrogens with two attached hydrogens (primary N) is 1. The van der Waals surface area contributed by atoms with E-state index in [9.17, 15) is 33.5 Å². The van der Waals surface area contributed by atoms with E-state index in [0.29, 0.717) is 53.3 Å². The molecular formula is C48H52FN3O10S. The summed E-state index contributed by atoms with van der Waals surface area (Å²) in [6.45, 7) is 3.22. The zero-order valence-corrected chi connectivity index (χ0v) is 36.3. The zero-order chi connectivity index (χ0) is 45.1. The number of thioether (sulfide) groups is 1. The largest absolute Gasteiger partial charge is 0.489 e. The Morgan fingerprint density at radius 3 is 2.14 bits per heavy atom. The third-order valence-corrected chi connectivity index (χ3v) is 12.2. The van der Waals surface area contributed by atoms with Crippen LogP contribution in [0, 0.1) is 11.7 Å². The molecule has 4 atom stereocenters. The average Bonchev–Trinajstić information content (AvgIpc) is 3.75. The summed E-state index contributed by atoms with van der Waals surface area (Å²) >= 11 is 1.58. The highest BCUT2D eigenvalue weighted by atomic mass is 32.2. The first kappa shape index (κ1) is 46.4. The van der Waals surface area contributed by atoms with Crippen LogP contribution in [-0.4, -0.2) is 70.5 Å². The molecule has 13 nitrogen and oxygen atoms in total. The highest BCUT2D eigenvalue weighted by molar-refractivity contribution is 8.01. The summed E-state index contributed by atoms with van der Waals surface area (Å²) in [5, 5.41) is 11.4. The first-order valence-corrected chi connectivity index (χ1v) is 21.8. The van der Waals surface area contributed by atoms with Crippen LogP contribution < -0.4 is 15.4 Å². The van der Waals surface area contributed by atoms with Gasteiger partial charge in [-0.2, -0.15) is 0 Å². The van der Waals surface area contributed by atoms with Crippen molar-refractivity contribution in [1.29, 1.82) is 0 Å². The van der Waals surface area contributed by atoms with Crippen molar-refractivity contribution in [3.63, 3.8) is 0 Å². The maximum Gasteiger partial charge on any atom is 0.303 e. The molecule has 1 saturated heterocycles. The van der Waals surface area contributed by atoms with Gasteiger partial charge in [-0.05, 0) is 97.2 Å². The molecular weight excluding hydrogens is 830 g/mol. The number of β-lactam (4-membered cyclic amide) rings is 1. The first-order chi connectivity index (χ1) is 30.2. The monoisotopic (exact) mass is 881 g/mol. The molecule has 2 heterocycles. The van der Waals surface area contributed by atoms with Crippen LogP contribution in [0.3, 0.4) is 0 Å². The van der Waals surface area contributed by atoms with E-state index >= 15 is 0 Å². The number of halogens is 1. The standard InChI is InChI=1S/C48H52FN3O10S/c1-30(53)60-28-48(58,29-61-31(2)54)24-23-34-11-20-43(59-26-35-7-5-4-6-8-35)40(25-34)45-39(19-21-42(62-32(3)55)36-13-15-37(49)16-14-36)47(57)52(45)38-17-9-33(10-18-38)12-22-44-51-41(27-63-44)46(50)56/h4-11,13-18,20,25,39,42,44-45,58H,12,19,21-24,26-29H2,1-3H3,(H2,50,56)/t39-,42+,44+,45+/m1/s1. The van der Waals surface area contributed by atoms with Crippen molar-refractivity contribution in [3.8, 4) is 5.75 Å². The molecule has 2 amide bonds. The number of carbonyl (C=O) groups excluding carboxylic acids is 5. The van der Waals surface area contributed by atoms with Gasteiger partial charge < -0.3 is 34.7 Å². The number of aliphatic hydroxyl groups is 1. The molecule has 0 radical (unpaired) electrons. The van der Waals surface area contributed by atoms with Gasteiger partial charge in [-0.15, -0.1) is 11.8 Å². The van der Waals surface area contributed by atoms with Crippen LogP contribution in [0.1, 0.15) is 86.4 Å². The minimum absolute atomic E-state index is 0.0612. The molecule has 0 bridgehead atoms.